The standard InChI is InChI=1S/C26H25FN4O3S/c1-33-20-12-13-23(34-2)18(16-20)14-15-28-24(32)17-35-26-30-29-25(21-10-6-7-11-22(21)27)31(26)19-8-4-3-5-9-19/h3-13,16H,14-15,17H2,1-2H3,(H,28,32). The fraction of sp³-hybridized carbons (Fsp3) is 0.192. The van der Waals surface area contributed by atoms with Crippen molar-refractivity contribution in [3.63, 3.8) is 0 Å². The first-order chi connectivity index (χ1) is 17.1. The molecule has 0 aliphatic carbocycles. The van der Waals surface area contributed by atoms with E-state index in [0.29, 0.717) is 29.5 Å². The predicted octanol–water partition coefficient (Wildman–Crippen LogP) is 4.54. The first kappa shape index (κ1) is 24.3. The zero-order chi connectivity index (χ0) is 24.6. The van der Waals surface area contributed by atoms with E-state index in [1.807, 2.05) is 48.5 Å². The fourth-order valence-electron chi connectivity index (χ4n) is 3.59. The Kier molecular flexibility index (Phi) is 7.99. The SMILES string of the molecule is COc1ccc(OC)c(CCNC(=O)CSc2nnc(-c3ccccc3F)n2-c2ccccc2)c1. The number of rotatable bonds is 10. The molecule has 180 valence electrons. The van der Waals surface area contributed by atoms with Gasteiger partial charge in [0, 0.05) is 12.2 Å². The van der Waals surface area contributed by atoms with Crippen LogP contribution in [-0.4, -0.2) is 47.2 Å². The van der Waals surface area contributed by atoms with E-state index in [2.05, 4.69) is 15.5 Å². The quantitative estimate of drug-likeness (QED) is 0.328. The Morgan fingerprint density at radius 1 is 1.00 bits per heavy atom. The van der Waals surface area contributed by atoms with Gasteiger partial charge in [-0.05, 0) is 54.4 Å². The van der Waals surface area contributed by atoms with E-state index in [1.54, 1.807) is 37.0 Å². The van der Waals surface area contributed by atoms with Crippen molar-refractivity contribution < 1.29 is 18.7 Å². The van der Waals surface area contributed by atoms with Gasteiger partial charge in [0.05, 0.1) is 25.5 Å². The summed E-state index contributed by atoms with van der Waals surface area (Å²) in [7, 11) is 3.22. The number of nitrogens with zero attached hydrogens (tertiary/aromatic N) is 3. The molecule has 0 aliphatic heterocycles. The summed E-state index contributed by atoms with van der Waals surface area (Å²) in [6.07, 6.45) is 0.592. The third kappa shape index (κ3) is 5.81. The van der Waals surface area contributed by atoms with E-state index >= 15 is 0 Å². The second kappa shape index (κ2) is 11.5. The number of halogens is 1. The average Bonchev–Trinajstić information content (AvgIpc) is 3.32. The van der Waals surface area contributed by atoms with Crippen LogP contribution in [0.1, 0.15) is 5.56 Å². The van der Waals surface area contributed by atoms with Crippen molar-refractivity contribution in [2.24, 2.45) is 0 Å². The van der Waals surface area contributed by atoms with Crippen molar-refractivity contribution in [3.8, 4) is 28.6 Å². The molecule has 0 fully saturated rings. The van der Waals surface area contributed by atoms with E-state index in [0.717, 1.165) is 22.7 Å². The fourth-order valence-corrected chi connectivity index (χ4v) is 4.37. The molecule has 1 aromatic heterocycles. The number of amides is 1. The van der Waals surface area contributed by atoms with Gasteiger partial charge in [-0.25, -0.2) is 4.39 Å². The Morgan fingerprint density at radius 2 is 1.77 bits per heavy atom. The van der Waals surface area contributed by atoms with Crippen molar-refractivity contribution in [2.75, 3.05) is 26.5 Å². The van der Waals surface area contributed by atoms with Gasteiger partial charge in [0.1, 0.15) is 17.3 Å². The number of carbonyl (C=O) groups excluding carboxylic acids is 1. The highest BCUT2D eigenvalue weighted by Crippen LogP contribution is 2.29. The molecule has 7 nitrogen and oxygen atoms in total. The van der Waals surface area contributed by atoms with E-state index in [-0.39, 0.29) is 17.5 Å². The molecule has 0 atom stereocenters. The zero-order valence-corrected chi connectivity index (χ0v) is 20.2. The van der Waals surface area contributed by atoms with Gasteiger partial charge in [0.2, 0.25) is 5.91 Å². The molecular formula is C26H25FN4O3S. The Hall–Kier alpha value is -3.85. The molecule has 0 bridgehead atoms. The molecule has 3 aromatic carbocycles. The zero-order valence-electron chi connectivity index (χ0n) is 19.4. The average molecular weight is 493 g/mol. The molecule has 4 aromatic rings. The van der Waals surface area contributed by atoms with Crippen LogP contribution in [0.5, 0.6) is 11.5 Å². The van der Waals surface area contributed by atoms with Crippen LogP contribution in [0, 0.1) is 5.82 Å². The summed E-state index contributed by atoms with van der Waals surface area (Å²) in [6, 6.07) is 21.4. The first-order valence-corrected chi connectivity index (χ1v) is 12.0. The predicted molar refractivity (Wildman–Crippen MR) is 134 cm³/mol. The number of nitrogens with one attached hydrogen (secondary N) is 1. The molecule has 1 N–H and O–H groups in total. The van der Waals surface area contributed by atoms with E-state index in [9.17, 15) is 9.18 Å². The molecule has 4 rings (SSSR count). The number of ether oxygens (including phenoxy) is 2. The van der Waals surface area contributed by atoms with Gasteiger partial charge in [-0.15, -0.1) is 10.2 Å². The van der Waals surface area contributed by atoms with E-state index in [4.69, 9.17) is 9.47 Å². The molecule has 35 heavy (non-hydrogen) atoms. The number of aromatic nitrogens is 3. The molecule has 0 saturated heterocycles. The first-order valence-electron chi connectivity index (χ1n) is 11.0. The molecule has 0 spiro atoms. The normalized spacial score (nSPS) is 10.7. The molecule has 0 aliphatic rings. The van der Waals surface area contributed by atoms with Crippen molar-refractivity contribution in [1.82, 2.24) is 20.1 Å². The molecule has 9 heteroatoms. The largest absolute Gasteiger partial charge is 0.497 e. The number of methoxy groups -OCH3 is 2. The van der Waals surface area contributed by atoms with Crippen LogP contribution in [-0.2, 0) is 11.2 Å². The number of hydrogen-bond donors (Lipinski definition) is 1. The van der Waals surface area contributed by atoms with Crippen LogP contribution in [0.4, 0.5) is 4.39 Å². The maximum atomic E-state index is 14.5. The van der Waals surface area contributed by atoms with Crippen LogP contribution in [0.25, 0.3) is 17.1 Å². The van der Waals surface area contributed by atoms with Crippen molar-refractivity contribution >= 4 is 17.7 Å². The van der Waals surface area contributed by atoms with Crippen LogP contribution < -0.4 is 14.8 Å². The molecule has 1 amide bonds. The van der Waals surface area contributed by atoms with Crippen molar-refractivity contribution in [1.29, 1.82) is 0 Å². The third-order valence-electron chi connectivity index (χ3n) is 5.30. The molecular weight excluding hydrogens is 467 g/mol. The highest BCUT2D eigenvalue weighted by molar-refractivity contribution is 7.99. The maximum absolute atomic E-state index is 14.5. The lowest BCUT2D eigenvalue weighted by atomic mass is 10.1. The summed E-state index contributed by atoms with van der Waals surface area (Å²) in [5, 5.41) is 11.9. The topological polar surface area (TPSA) is 78.3 Å². The summed E-state index contributed by atoms with van der Waals surface area (Å²) in [5.74, 6) is 1.45. The van der Waals surface area contributed by atoms with Gasteiger partial charge in [-0.2, -0.15) is 0 Å². The summed E-state index contributed by atoms with van der Waals surface area (Å²) in [5.41, 5.74) is 2.06. The lowest BCUT2D eigenvalue weighted by Gasteiger charge is -2.12. The summed E-state index contributed by atoms with van der Waals surface area (Å²) >= 11 is 1.24. The lowest BCUT2D eigenvalue weighted by Crippen LogP contribution is -2.27. The Labute approximate surface area is 207 Å². The minimum absolute atomic E-state index is 0.136. The number of carbonyl (C=O) groups is 1. The number of thioether (sulfide) groups is 1. The minimum Gasteiger partial charge on any atom is -0.497 e. The van der Waals surface area contributed by atoms with Crippen LogP contribution in [0.2, 0.25) is 0 Å². The number of benzene rings is 3. The number of hydrogen-bond acceptors (Lipinski definition) is 6. The van der Waals surface area contributed by atoms with Gasteiger partial charge in [0.25, 0.3) is 0 Å². The third-order valence-corrected chi connectivity index (χ3v) is 6.23. The van der Waals surface area contributed by atoms with E-state index in [1.165, 1.54) is 17.8 Å². The lowest BCUT2D eigenvalue weighted by molar-refractivity contribution is -0.118. The summed E-state index contributed by atoms with van der Waals surface area (Å²) in [4.78, 5) is 12.6. The Morgan fingerprint density at radius 3 is 2.51 bits per heavy atom. The Bertz CT molecular complexity index is 1300. The second-order valence-corrected chi connectivity index (χ2v) is 8.47. The Balaban J connectivity index is 1.45. The van der Waals surface area contributed by atoms with Crippen LogP contribution >= 0.6 is 11.8 Å². The van der Waals surface area contributed by atoms with Crippen molar-refractivity contribution in [2.45, 2.75) is 11.6 Å². The number of para-hydroxylation sites is 1. The van der Waals surface area contributed by atoms with Gasteiger partial charge in [0.15, 0.2) is 11.0 Å². The summed E-state index contributed by atoms with van der Waals surface area (Å²) in [6.45, 7) is 0.439. The molecule has 0 radical (unpaired) electrons. The van der Waals surface area contributed by atoms with E-state index < -0.39 is 0 Å². The molecule has 0 saturated carbocycles. The van der Waals surface area contributed by atoms with Crippen LogP contribution in [0.15, 0.2) is 78.0 Å². The maximum Gasteiger partial charge on any atom is 0.230 e. The summed E-state index contributed by atoms with van der Waals surface area (Å²) < 4.78 is 26.9. The van der Waals surface area contributed by atoms with Crippen LogP contribution in [0.3, 0.4) is 0 Å². The molecule has 1 heterocycles. The van der Waals surface area contributed by atoms with Crippen molar-refractivity contribution in [3.05, 3.63) is 84.2 Å². The van der Waals surface area contributed by atoms with Gasteiger partial charge < -0.3 is 14.8 Å². The smallest absolute Gasteiger partial charge is 0.230 e. The highest BCUT2D eigenvalue weighted by atomic mass is 32.2. The monoisotopic (exact) mass is 492 g/mol. The minimum atomic E-state index is -0.389. The van der Waals surface area contributed by atoms with Gasteiger partial charge >= 0.3 is 0 Å². The van der Waals surface area contributed by atoms with Gasteiger partial charge in [-0.3, -0.25) is 9.36 Å². The van der Waals surface area contributed by atoms with Gasteiger partial charge in [-0.1, -0.05) is 42.1 Å². The molecule has 0 unspecified atom stereocenters. The second-order valence-electron chi connectivity index (χ2n) is 7.52. The highest BCUT2D eigenvalue weighted by Gasteiger charge is 2.19.